The van der Waals surface area contributed by atoms with Gasteiger partial charge in [0.05, 0.1) is 16.5 Å². The van der Waals surface area contributed by atoms with Crippen LogP contribution >= 0.6 is 0 Å². The summed E-state index contributed by atoms with van der Waals surface area (Å²) >= 11 is 0. The zero-order valence-electron chi connectivity index (χ0n) is 17.3. The average molecular weight is 393 g/mol. The van der Waals surface area contributed by atoms with Gasteiger partial charge in [-0.15, -0.1) is 0 Å². The molecule has 2 aliphatic rings. The maximum atomic E-state index is 12.3. The smallest absolute Gasteiger partial charge is 0.399 e. The Bertz CT molecular complexity index is 758. The molecule has 2 unspecified atom stereocenters. The molecule has 27 heavy (non-hydrogen) atoms. The number of rotatable bonds is 5. The standard InChI is InChI=1S/C20H32BNO4S/c1-14(2)27(23,24)22-18-9-7-8-17(18)15-10-12-16(13-11-15)21-25-19(3,4)20(5,6)26-21/h10-14,17-18,22H,7-9H2,1-6H3. The zero-order chi connectivity index (χ0) is 20.0. The summed E-state index contributed by atoms with van der Waals surface area (Å²) in [4.78, 5) is 0. The Kier molecular flexibility index (Phi) is 5.54. The third-order valence-electron chi connectivity index (χ3n) is 6.34. The number of hydrogen-bond donors (Lipinski definition) is 1. The molecule has 0 spiro atoms. The molecule has 1 N–H and O–H groups in total. The molecule has 1 aromatic rings. The number of hydrogen-bond acceptors (Lipinski definition) is 4. The van der Waals surface area contributed by atoms with Crippen LogP contribution in [0.3, 0.4) is 0 Å². The lowest BCUT2D eigenvalue weighted by Crippen LogP contribution is -2.41. The minimum Gasteiger partial charge on any atom is -0.399 e. The second-order valence-electron chi connectivity index (χ2n) is 9.11. The van der Waals surface area contributed by atoms with E-state index < -0.39 is 15.3 Å². The molecule has 1 aliphatic heterocycles. The van der Waals surface area contributed by atoms with Crippen LogP contribution in [0.25, 0.3) is 0 Å². The maximum absolute atomic E-state index is 12.3. The van der Waals surface area contributed by atoms with Gasteiger partial charge in [0.2, 0.25) is 10.0 Å². The minimum atomic E-state index is -3.26. The number of nitrogens with one attached hydrogen (secondary N) is 1. The lowest BCUT2D eigenvalue weighted by Gasteiger charge is -2.32. The summed E-state index contributed by atoms with van der Waals surface area (Å²) in [7, 11) is -3.63. The van der Waals surface area contributed by atoms with E-state index in [1.54, 1.807) is 13.8 Å². The molecular weight excluding hydrogens is 361 g/mol. The van der Waals surface area contributed by atoms with Gasteiger partial charge in [-0.3, -0.25) is 0 Å². The second kappa shape index (κ2) is 7.18. The fourth-order valence-electron chi connectivity index (χ4n) is 3.73. The fraction of sp³-hybridized carbons (Fsp3) is 0.700. The molecule has 5 nitrogen and oxygen atoms in total. The topological polar surface area (TPSA) is 64.6 Å². The highest BCUT2D eigenvalue weighted by molar-refractivity contribution is 7.90. The minimum absolute atomic E-state index is 0.0277. The van der Waals surface area contributed by atoms with Crippen LogP contribution in [0.2, 0.25) is 0 Å². The highest BCUT2D eigenvalue weighted by atomic mass is 32.2. The molecule has 1 aromatic carbocycles. The van der Waals surface area contributed by atoms with Gasteiger partial charge < -0.3 is 9.31 Å². The van der Waals surface area contributed by atoms with Crippen molar-refractivity contribution in [2.75, 3.05) is 0 Å². The van der Waals surface area contributed by atoms with E-state index in [0.29, 0.717) is 0 Å². The van der Waals surface area contributed by atoms with Crippen molar-refractivity contribution in [2.24, 2.45) is 0 Å². The first kappa shape index (κ1) is 20.8. The van der Waals surface area contributed by atoms with E-state index in [1.807, 2.05) is 39.8 Å². The zero-order valence-corrected chi connectivity index (χ0v) is 18.1. The summed E-state index contributed by atoms with van der Waals surface area (Å²) in [5.74, 6) is 0.214. The van der Waals surface area contributed by atoms with Crippen LogP contribution < -0.4 is 10.2 Å². The third-order valence-corrected chi connectivity index (χ3v) is 8.21. The summed E-state index contributed by atoms with van der Waals surface area (Å²) in [5, 5.41) is -0.413. The Morgan fingerprint density at radius 2 is 1.59 bits per heavy atom. The lowest BCUT2D eigenvalue weighted by atomic mass is 9.78. The highest BCUT2D eigenvalue weighted by Crippen LogP contribution is 2.37. The van der Waals surface area contributed by atoms with Crippen molar-refractivity contribution in [3.05, 3.63) is 29.8 Å². The molecule has 7 heteroatoms. The highest BCUT2D eigenvalue weighted by Gasteiger charge is 2.51. The van der Waals surface area contributed by atoms with Crippen LogP contribution in [0.4, 0.5) is 0 Å². The summed E-state index contributed by atoms with van der Waals surface area (Å²) in [6.45, 7) is 11.6. The van der Waals surface area contributed by atoms with E-state index in [1.165, 1.54) is 5.56 Å². The van der Waals surface area contributed by atoms with Crippen molar-refractivity contribution < 1.29 is 17.7 Å². The fourth-order valence-corrected chi connectivity index (χ4v) is 4.70. The largest absolute Gasteiger partial charge is 0.494 e. The van der Waals surface area contributed by atoms with Crippen LogP contribution in [0.5, 0.6) is 0 Å². The summed E-state index contributed by atoms with van der Waals surface area (Å²) in [5.41, 5.74) is 1.45. The Balaban J connectivity index is 1.74. The maximum Gasteiger partial charge on any atom is 0.494 e. The predicted molar refractivity (Wildman–Crippen MR) is 110 cm³/mol. The molecule has 1 saturated heterocycles. The van der Waals surface area contributed by atoms with Gasteiger partial charge in [-0.05, 0) is 65.4 Å². The van der Waals surface area contributed by atoms with Crippen LogP contribution in [0, 0.1) is 0 Å². The van der Waals surface area contributed by atoms with Crippen LogP contribution in [0.15, 0.2) is 24.3 Å². The predicted octanol–water partition coefficient (Wildman–Crippen LogP) is 2.95. The first-order chi connectivity index (χ1) is 12.4. The molecule has 0 aromatic heterocycles. The molecular formula is C20H32BNO4S. The molecule has 1 saturated carbocycles. The molecule has 0 radical (unpaired) electrons. The monoisotopic (exact) mass is 393 g/mol. The Morgan fingerprint density at radius 3 is 2.11 bits per heavy atom. The average Bonchev–Trinajstić information content (AvgIpc) is 3.09. The van der Waals surface area contributed by atoms with E-state index in [0.717, 1.165) is 24.7 Å². The van der Waals surface area contributed by atoms with E-state index in [-0.39, 0.29) is 30.3 Å². The Labute approximate surface area is 164 Å². The number of benzene rings is 1. The van der Waals surface area contributed by atoms with Gasteiger partial charge in [0.25, 0.3) is 0 Å². The van der Waals surface area contributed by atoms with Crippen molar-refractivity contribution >= 4 is 22.6 Å². The molecule has 150 valence electrons. The molecule has 2 fully saturated rings. The Morgan fingerprint density at radius 1 is 1.04 bits per heavy atom. The van der Waals surface area contributed by atoms with Crippen LogP contribution in [-0.2, 0) is 19.3 Å². The van der Waals surface area contributed by atoms with Crippen molar-refractivity contribution in [1.82, 2.24) is 4.72 Å². The summed E-state index contributed by atoms with van der Waals surface area (Å²) in [6, 6.07) is 8.24. The van der Waals surface area contributed by atoms with Gasteiger partial charge in [-0.2, -0.15) is 0 Å². The van der Waals surface area contributed by atoms with Crippen molar-refractivity contribution in [1.29, 1.82) is 0 Å². The molecule has 3 rings (SSSR count). The van der Waals surface area contributed by atoms with Gasteiger partial charge in [0.15, 0.2) is 0 Å². The van der Waals surface area contributed by atoms with Gasteiger partial charge in [0, 0.05) is 12.0 Å². The van der Waals surface area contributed by atoms with Crippen molar-refractivity contribution in [2.45, 2.75) is 89.2 Å². The molecule has 1 heterocycles. The first-order valence-corrected chi connectivity index (χ1v) is 11.4. The SMILES string of the molecule is CC(C)S(=O)(=O)NC1CCCC1c1ccc(B2OC(C)(C)C(C)(C)O2)cc1. The third kappa shape index (κ3) is 4.11. The molecule has 2 atom stereocenters. The molecule has 0 bridgehead atoms. The Hall–Kier alpha value is -0.885. The van der Waals surface area contributed by atoms with E-state index in [2.05, 4.69) is 16.9 Å². The lowest BCUT2D eigenvalue weighted by molar-refractivity contribution is 0.00578. The number of sulfonamides is 1. The van der Waals surface area contributed by atoms with Gasteiger partial charge >= 0.3 is 7.12 Å². The van der Waals surface area contributed by atoms with Gasteiger partial charge in [0.1, 0.15) is 0 Å². The van der Waals surface area contributed by atoms with Gasteiger partial charge in [-0.25, -0.2) is 13.1 Å². The van der Waals surface area contributed by atoms with E-state index in [9.17, 15) is 8.42 Å². The first-order valence-electron chi connectivity index (χ1n) is 9.89. The quantitative estimate of drug-likeness (QED) is 0.782. The summed E-state index contributed by atoms with van der Waals surface area (Å²) in [6.07, 6.45) is 2.92. The van der Waals surface area contributed by atoms with E-state index >= 15 is 0 Å². The van der Waals surface area contributed by atoms with Crippen molar-refractivity contribution in [3.8, 4) is 0 Å². The van der Waals surface area contributed by atoms with E-state index in [4.69, 9.17) is 9.31 Å². The summed E-state index contributed by atoms with van der Waals surface area (Å²) < 4.78 is 39.7. The van der Waals surface area contributed by atoms with Crippen LogP contribution in [0.1, 0.15) is 72.3 Å². The second-order valence-corrected chi connectivity index (χ2v) is 11.4. The van der Waals surface area contributed by atoms with Crippen LogP contribution in [-0.4, -0.2) is 38.0 Å². The normalized spacial score (nSPS) is 27.4. The molecule has 1 aliphatic carbocycles. The molecule has 0 amide bonds. The van der Waals surface area contributed by atoms with Gasteiger partial charge in [-0.1, -0.05) is 30.7 Å². The van der Waals surface area contributed by atoms with Crippen molar-refractivity contribution in [3.63, 3.8) is 0 Å².